The predicted octanol–water partition coefficient (Wildman–Crippen LogP) is 5.57. The average Bonchev–Trinajstić information content (AvgIpc) is 3.40. The summed E-state index contributed by atoms with van der Waals surface area (Å²) in [5.41, 5.74) is 0.624. The number of fused-ring (bicyclic) bond motifs is 3. The smallest absolute Gasteiger partial charge is 0.341 e. The molecule has 2 heterocycles. The lowest BCUT2D eigenvalue weighted by Crippen LogP contribution is -2.62. The van der Waals surface area contributed by atoms with Crippen LogP contribution in [0, 0.1) is 28.6 Å². The van der Waals surface area contributed by atoms with E-state index in [4.69, 9.17) is 14.2 Å². The molecule has 0 radical (unpaired) electrons. The van der Waals surface area contributed by atoms with Crippen LogP contribution in [-0.4, -0.2) is 52.7 Å². The Kier molecular flexibility index (Phi) is 7.09. The molecule has 1 aromatic heterocycles. The highest BCUT2D eigenvalue weighted by Crippen LogP contribution is 2.63. The van der Waals surface area contributed by atoms with Crippen LogP contribution in [0.2, 0.25) is 0 Å². The van der Waals surface area contributed by atoms with Gasteiger partial charge in [0.25, 0.3) is 0 Å². The van der Waals surface area contributed by atoms with Gasteiger partial charge >= 0.3 is 11.9 Å². The van der Waals surface area contributed by atoms with Crippen LogP contribution in [0.3, 0.4) is 0 Å². The molecule has 0 spiro atoms. The van der Waals surface area contributed by atoms with Gasteiger partial charge in [-0.05, 0) is 62.2 Å². The van der Waals surface area contributed by atoms with Crippen LogP contribution in [-0.2, 0) is 9.47 Å². The molecule has 0 bridgehead atoms. The van der Waals surface area contributed by atoms with E-state index in [1.807, 2.05) is 0 Å². The molecule has 2 N–H and O–H groups in total. The number of carboxylic acid groups (broad SMARTS) is 2. The van der Waals surface area contributed by atoms with E-state index in [1.54, 1.807) is 0 Å². The molecule has 3 aliphatic carbocycles. The average molecular weight is 514 g/mol. The predicted molar refractivity (Wildman–Crippen MR) is 136 cm³/mol. The zero-order chi connectivity index (χ0) is 26.4. The largest absolute Gasteiger partial charge is 0.492 e. The number of rotatable bonds is 7. The van der Waals surface area contributed by atoms with Crippen molar-refractivity contribution in [1.29, 1.82) is 0 Å². The monoisotopic (exact) mass is 513 g/mol. The zero-order valence-corrected chi connectivity index (χ0v) is 21.9. The van der Waals surface area contributed by atoms with Crippen LogP contribution in [0.4, 0.5) is 0 Å². The number of aromatic carboxylic acids is 2. The first kappa shape index (κ1) is 26.2. The number of nitrogens with zero attached hydrogens (tertiary/aromatic N) is 1. The molecule has 1 aliphatic heterocycles. The number of pyridine rings is 1. The molecule has 4 aliphatic rings. The van der Waals surface area contributed by atoms with Crippen molar-refractivity contribution in [1.82, 2.24) is 4.98 Å². The van der Waals surface area contributed by atoms with Gasteiger partial charge in [0.1, 0.15) is 11.1 Å². The number of allylic oxidation sites excluding steroid dienone is 1. The van der Waals surface area contributed by atoms with Crippen molar-refractivity contribution in [3.63, 3.8) is 0 Å². The summed E-state index contributed by atoms with van der Waals surface area (Å²) in [6.07, 6.45) is 11.9. The van der Waals surface area contributed by atoms with Gasteiger partial charge in [0.2, 0.25) is 0 Å². The van der Waals surface area contributed by atoms with Crippen LogP contribution < -0.4 is 4.74 Å². The van der Waals surface area contributed by atoms with Crippen molar-refractivity contribution in [2.24, 2.45) is 28.6 Å². The third-order valence-electron chi connectivity index (χ3n) is 9.97. The maximum absolute atomic E-state index is 11.7. The van der Waals surface area contributed by atoms with E-state index in [1.165, 1.54) is 31.3 Å². The molecule has 4 fully saturated rings. The van der Waals surface area contributed by atoms with Crippen molar-refractivity contribution in [2.45, 2.75) is 84.0 Å². The Hall–Kier alpha value is -2.45. The van der Waals surface area contributed by atoms with Crippen LogP contribution in [0.5, 0.6) is 5.75 Å². The standard InChI is InChI=1S/C29H39NO7/c1-17-8-9-22-28(2,12-10-23-29(22,3)16-36-27(37-23)18-6-4-5-7-18)21(17)11-13-35-24-19(25(31)32)14-30-15-20(24)26(33)34/h14-15,18,21-23,27H,1,4-13,16H2,2-3H3,(H,31,32)(H,33,34)/t21-,22?,23-,27-,28+,29+/m1/s1. The lowest BCUT2D eigenvalue weighted by atomic mass is 9.46. The molecule has 37 heavy (non-hydrogen) atoms. The third kappa shape index (κ3) is 4.56. The van der Waals surface area contributed by atoms with E-state index in [-0.39, 0.29) is 52.6 Å². The molecular formula is C29H39NO7. The normalized spacial score (nSPS) is 36.0. The van der Waals surface area contributed by atoms with Gasteiger partial charge < -0.3 is 24.4 Å². The van der Waals surface area contributed by atoms with E-state index in [2.05, 4.69) is 25.4 Å². The summed E-state index contributed by atoms with van der Waals surface area (Å²) in [5.74, 6) is -1.56. The number of aromatic nitrogens is 1. The summed E-state index contributed by atoms with van der Waals surface area (Å²) >= 11 is 0. The number of ether oxygens (including phenoxy) is 3. The van der Waals surface area contributed by atoms with Gasteiger partial charge in [0.05, 0.1) is 19.3 Å². The Morgan fingerprint density at radius 2 is 1.76 bits per heavy atom. The summed E-state index contributed by atoms with van der Waals surface area (Å²) in [6.45, 7) is 10.0. The molecule has 6 atom stereocenters. The summed E-state index contributed by atoms with van der Waals surface area (Å²) < 4.78 is 18.9. The SMILES string of the molecule is C=C1CCC2[C@]3(C)CO[C@@H](C4CCCC4)O[C@@H]3CC[C@@]2(C)[C@@H]1CCOc1c(C(=O)O)cncc1C(=O)O. The van der Waals surface area contributed by atoms with Crippen molar-refractivity contribution in [3.8, 4) is 5.75 Å². The minimum atomic E-state index is -1.26. The van der Waals surface area contributed by atoms with Crippen molar-refractivity contribution >= 4 is 11.9 Å². The fourth-order valence-corrected chi connectivity index (χ4v) is 8.05. The van der Waals surface area contributed by atoms with Crippen molar-refractivity contribution < 1.29 is 34.0 Å². The quantitative estimate of drug-likeness (QED) is 0.455. The number of hydrogen-bond acceptors (Lipinski definition) is 6. The minimum Gasteiger partial charge on any atom is -0.492 e. The Labute approximate surface area is 218 Å². The van der Waals surface area contributed by atoms with Crippen LogP contribution in [0.25, 0.3) is 0 Å². The van der Waals surface area contributed by atoms with E-state index in [0.717, 1.165) is 44.7 Å². The van der Waals surface area contributed by atoms with E-state index in [0.29, 0.717) is 18.3 Å². The number of carboxylic acids is 2. The minimum absolute atomic E-state index is 0.0135. The Morgan fingerprint density at radius 3 is 2.41 bits per heavy atom. The van der Waals surface area contributed by atoms with E-state index < -0.39 is 11.9 Å². The van der Waals surface area contributed by atoms with Gasteiger partial charge in [0, 0.05) is 23.7 Å². The van der Waals surface area contributed by atoms with Gasteiger partial charge in [-0.25, -0.2) is 9.59 Å². The Balaban J connectivity index is 1.31. The van der Waals surface area contributed by atoms with Gasteiger partial charge in [-0.15, -0.1) is 0 Å². The Morgan fingerprint density at radius 1 is 1.08 bits per heavy atom. The molecule has 1 aromatic rings. The summed E-state index contributed by atoms with van der Waals surface area (Å²) in [4.78, 5) is 27.1. The molecule has 1 unspecified atom stereocenters. The van der Waals surface area contributed by atoms with E-state index >= 15 is 0 Å². The first-order valence-corrected chi connectivity index (χ1v) is 13.7. The molecule has 0 amide bonds. The molecular weight excluding hydrogens is 474 g/mol. The van der Waals surface area contributed by atoms with Gasteiger partial charge in [-0.2, -0.15) is 0 Å². The van der Waals surface area contributed by atoms with Crippen molar-refractivity contribution in [3.05, 3.63) is 35.7 Å². The maximum atomic E-state index is 11.7. The highest BCUT2D eigenvalue weighted by Gasteiger charge is 2.60. The van der Waals surface area contributed by atoms with Crippen LogP contribution >= 0.6 is 0 Å². The molecule has 8 heteroatoms. The second-order valence-corrected chi connectivity index (χ2v) is 12.0. The van der Waals surface area contributed by atoms with E-state index in [9.17, 15) is 19.8 Å². The molecule has 0 aromatic carbocycles. The second-order valence-electron chi connectivity index (χ2n) is 12.0. The summed E-state index contributed by atoms with van der Waals surface area (Å²) in [6, 6.07) is 0. The second kappa shape index (κ2) is 10.0. The highest BCUT2D eigenvalue weighted by atomic mass is 16.7. The third-order valence-corrected chi connectivity index (χ3v) is 9.97. The topological polar surface area (TPSA) is 115 Å². The Bertz CT molecular complexity index is 1030. The fraction of sp³-hybridized carbons (Fsp3) is 0.690. The molecule has 8 nitrogen and oxygen atoms in total. The summed E-state index contributed by atoms with van der Waals surface area (Å²) in [7, 11) is 0. The van der Waals surface area contributed by atoms with Gasteiger partial charge in [-0.1, -0.05) is 38.8 Å². The fourth-order valence-electron chi connectivity index (χ4n) is 8.05. The molecule has 1 saturated heterocycles. The van der Waals surface area contributed by atoms with Gasteiger partial charge in [-0.3, -0.25) is 4.98 Å². The summed E-state index contributed by atoms with van der Waals surface area (Å²) in [5, 5.41) is 19.1. The maximum Gasteiger partial charge on any atom is 0.341 e. The number of carbonyl (C=O) groups is 2. The van der Waals surface area contributed by atoms with Crippen LogP contribution in [0.1, 0.15) is 92.4 Å². The van der Waals surface area contributed by atoms with Gasteiger partial charge in [0.15, 0.2) is 12.0 Å². The lowest BCUT2D eigenvalue weighted by Gasteiger charge is -2.63. The highest BCUT2D eigenvalue weighted by molar-refractivity contribution is 5.98. The molecule has 3 saturated carbocycles. The van der Waals surface area contributed by atoms with Crippen LogP contribution in [0.15, 0.2) is 24.5 Å². The number of hydrogen-bond donors (Lipinski definition) is 2. The molecule has 202 valence electrons. The first-order valence-electron chi connectivity index (χ1n) is 13.7. The zero-order valence-electron chi connectivity index (χ0n) is 21.9. The lowest BCUT2D eigenvalue weighted by molar-refractivity contribution is -0.316. The molecule has 5 rings (SSSR count). The van der Waals surface area contributed by atoms with Crippen molar-refractivity contribution in [2.75, 3.05) is 13.2 Å². The first-order chi connectivity index (χ1) is 17.6.